The summed E-state index contributed by atoms with van der Waals surface area (Å²) < 4.78 is 2.51. The Labute approximate surface area is 235 Å². The maximum absolute atomic E-state index is 7.66. The molecule has 0 atom stereocenters. The number of benzene rings is 5. The Balaban J connectivity index is 1.41. The predicted octanol–water partition coefficient (Wildman–Crippen LogP) is 10.1. The van der Waals surface area contributed by atoms with E-state index < -0.39 is 0 Å². The molecule has 40 heavy (non-hydrogen) atoms. The zero-order valence-corrected chi connectivity index (χ0v) is 22.6. The Morgan fingerprint density at radius 2 is 1.45 bits per heavy atom. The zero-order valence-electron chi connectivity index (χ0n) is 22.6. The fourth-order valence-electron chi connectivity index (χ4n) is 6.14. The highest BCUT2D eigenvalue weighted by atomic mass is 15.0. The Kier molecular flexibility index (Phi) is 6.02. The molecular formula is C38H30N2. The summed E-state index contributed by atoms with van der Waals surface area (Å²) in [4.78, 5) is 0. The van der Waals surface area contributed by atoms with E-state index in [0.717, 1.165) is 24.0 Å². The van der Waals surface area contributed by atoms with Crippen LogP contribution in [0.5, 0.6) is 0 Å². The van der Waals surface area contributed by atoms with Crippen LogP contribution in [-0.2, 0) is 6.42 Å². The zero-order chi connectivity index (χ0) is 27.1. The van der Waals surface area contributed by atoms with Crippen molar-refractivity contribution < 1.29 is 0 Å². The third-order valence-electron chi connectivity index (χ3n) is 8.15. The van der Waals surface area contributed by atoms with Crippen molar-refractivity contribution in [1.82, 2.24) is 4.57 Å². The predicted molar refractivity (Wildman–Crippen MR) is 171 cm³/mol. The van der Waals surface area contributed by atoms with Crippen molar-refractivity contribution in [2.75, 3.05) is 0 Å². The summed E-state index contributed by atoms with van der Waals surface area (Å²) in [5.74, 6) is 0. The van der Waals surface area contributed by atoms with Crippen LogP contribution in [-0.4, -0.2) is 10.8 Å². The van der Waals surface area contributed by atoms with Crippen LogP contribution in [0.1, 0.15) is 30.2 Å². The van der Waals surface area contributed by atoms with Gasteiger partial charge in [-0.25, -0.2) is 0 Å². The molecule has 192 valence electrons. The number of fused-ring (bicyclic) bond motifs is 5. The molecule has 0 fully saturated rings. The number of nitrogens with one attached hydrogen (secondary N) is 1. The number of rotatable bonds is 5. The van der Waals surface area contributed by atoms with Gasteiger partial charge in [-0.05, 0) is 76.7 Å². The van der Waals surface area contributed by atoms with Gasteiger partial charge in [0.1, 0.15) is 0 Å². The number of hydrogen-bond acceptors (Lipinski definition) is 1. The minimum atomic E-state index is 0.933. The number of allylic oxidation sites excluding steroid dienone is 3. The fourth-order valence-corrected chi connectivity index (χ4v) is 6.14. The lowest BCUT2D eigenvalue weighted by Crippen LogP contribution is -2.03. The molecule has 1 N–H and O–H groups in total. The van der Waals surface area contributed by atoms with Gasteiger partial charge in [0.2, 0.25) is 0 Å². The van der Waals surface area contributed by atoms with Crippen LogP contribution < -0.4 is 0 Å². The van der Waals surface area contributed by atoms with Gasteiger partial charge < -0.3 is 9.98 Å². The second-order valence-electron chi connectivity index (χ2n) is 10.4. The Morgan fingerprint density at radius 3 is 2.25 bits per heavy atom. The molecule has 0 aliphatic heterocycles. The van der Waals surface area contributed by atoms with Gasteiger partial charge in [0.15, 0.2) is 0 Å². The summed E-state index contributed by atoms with van der Waals surface area (Å²) in [7, 11) is 0. The second-order valence-corrected chi connectivity index (χ2v) is 10.4. The number of nitrogens with zero attached hydrogens (tertiary/aromatic N) is 1. The summed E-state index contributed by atoms with van der Waals surface area (Å²) in [6.07, 6.45) is 10.1. The highest BCUT2D eigenvalue weighted by molar-refractivity contribution is 6.11. The molecule has 5 aromatic carbocycles. The van der Waals surface area contributed by atoms with Gasteiger partial charge in [-0.2, -0.15) is 0 Å². The highest BCUT2D eigenvalue weighted by Crippen LogP contribution is 2.39. The third-order valence-corrected chi connectivity index (χ3v) is 8.15. The van der Waals surface area contributed by atoms with Crippen LogP contribution in [0, 0.1) is 5.41 Å². The number of hydrogen-bond donors (Lipinski definition) is 1. The van der Waals surface area contributed by atoms with Crippen molar-refractivity contribution >= 4 is 39.5 Å². The maximum Gasteiger partial charge on any atom is 0.0616 e. The van der Waals surface area contributed by atoms with Gasteiger partial charge in [0.05, 0.1) is 5.52 Å². The first-order valence-electron chi connectivity index (χ1n) is 14.0. The van der Waals surface area contributed by atoms with E-state index in [-0.39, 0.29) is 0 Å². The molecule has 0 radical (unpaired) electrons. The SMILES string of the molecule is C/C=C(\C=N)c1ccc(-c2ccc3c(ccc4c5c(n(-c6cccc(-c7ccccc7)c6)c43)CCC=C5)c2)cc1. The van der Waals surface area contributed by atoms with Crippen molar-refractivity contribution in [1.29, 1.82) is 5.41 Å². The van der Waals surface area contributed by atoms with Crippen LogP contribution in [0.25, 0.3) is 61.3 Å². The molecule has 0 saturated carbocycles. The van der Waals surface area contributed by atoms with Gasteiger partial charge >= 0.3 is 0 Å². The highest BCUT2D eigenvalue weighted by Gasteiger charge is 2.20. The van der Waals surface area contributed by atoms with E-state index in [9.17, 15) is 0 Å². The first kappa shape index (κ1) is 24.1. The monoisotopic (exact) mass is 514 g/mol. The molecule has 1 aliphatic carbocycles. The lowest BCUT2D eigenvalue weighted by Gasteiger charge is -2.15. The fraction of sp³-hybridized carbons (Fsp3) is 0.0789. The third kappa shape index (κ3) is 4.01. The minimum Gasteiger partial charge on any atom is -0.312 e. The standard InChI is InChI=1S/C38H30N2/c1-2-26(25-39)28-15-17-29(18-16-28)31-19-21-34-32(23-31)20-22-36-35-13-6-7-14-37(35)40(38(34)36)33-12-8-11-30(24-33)27-9-4-3-5-10-27/h2-6,8-13,15-25,39H,7,14H2,1H3/b26-2+,39-25?. The largest absolute Gasteiger partial charge is 0.312 e. The molecule has 6 aromatic rings. The molecular weight excluding hydrogens is 484 g/mol. The number of aromatic nitrogens is 1. The lowest BCUT2D eigenvalue weighted by molar-refractivity contribution is 0.890. The smallest absolute Gasteiger partial charge is 0.0616 e. The second kappa shape index (κ2) is 9.98. The first-order chi connectivity index (χ1) is 19.7. The molecule has 1 aliphatic rings. The van der Waals surface area contributed by atoms with Gasteiger partial charge in [0.25, 0.3) is 0 Å². The molecule has 0 unspecified atom stereocenters. The topological polar surface area (TPSA) is 28.8 Å². The van der Waals surface area contributed by atoms with E-state index in [4.69, 9.17) is 5.41 Å². The average Bonchev–Trinajstić information content (AvgIpc) is 3.37. The molecule has 0 amide bonds. The van der Waals surface area contributed by atoms with Crippen molar-refractivity contribution in [3.8, 4) is 27.9 Å². The van der Waals surface area contributed by atoms with Crippen molar-refractivity contribution in [3.05, 3.63) is 138 Å². The molecule has 0 bridgehead atoms. The van der Waals surface area contributed by atoms with Crippen LogP contribution in [0.4, 0.5) is 0 Å². The van der Waals surface area contributed by atoms with Crippen LogP contribution in [0.15, 0.2) is 121 Å². The van der Waals surface area contributed by atoms with Gasteiger partial charge in [0, 0.05) is 33.9 Å². The van der Waals surface area contributed by atoms with Gasteiger partial charge in [-0.3, -0.25) is 0 Å². The van der Waals surface area contributed by atoms with E-state index in [1.165, 1.54) is 67.1 Å². The normalized spacial score (nSPS) is 13.1. The van der Waals surface area contributed by atoms with Crippen LogP contribution >= 0.6 is 0 Å². The quantitative estimate of drug-likeness (QED) is 0.222. The van der Waals surface area contributed by atoms with Crippen LogP contribution in [0.3, 0.4) is 0 Å². The van der Waals surface area contributed by atoms with Crippen molar-refractivity contribution in [3.63, 3.8) is 0 Å². The Bertz CT molecular complexity index is 1950. The summed E-state index contributed by atoms with van der Waals surface area (Å²) in [6.45, 7) is 1.97. The molecule has 7 rings (SSSR count). The molecule has 1 heterocycles. The van der Waals surface area contributed by atoms with E-state index >= 15 is 0 Å². The molecule has 2 nitrogen and oxygen atoms in total. The van der Waals surface area contributed by atoms with E-state index in [1.54, 1.807) is 0 Å². The summed E-state index contributed by atoms with van der Waals surface area (Å²) in [6, 6.07) is 39.5. The average molecular weight is 515 g/mol. The molecule has 0 saturated heterocycles. The minimum absolute atomic E-state index is 0.933. The van der Waals surface area contributed by atoms with E-state index in [1.807, 2.05) is 13.0 Å². The summed E-state index contributed by atoms with van der Waals surface area (Å²) in [5, 5.41) is 11.5. The Morgan fingerprint density at radius 1 is 0.725 bits per heavy atom. The van der Waals surface area contributed by atoms with Crippen molar-refractivity contribution in [2.45, 2.75) is 19.8 Å². The van der Waals surface area contributed by atoms with E-state index in [0.29, 0.717) is 0 Å². The molecule has 1 aromatic heterocycles. The summed E-state index contributed by atoms with van der Waals surface area (Å²) in [5.41, 5.74) is 12.1. The molecule has 0 spiro atoms. The van der Waals surface area contributed by atoms with E-state index in [2.05, 4.69) is 126 Å². The Hall–Kier alpha value is -4.95. The lowest BCUT2D eigenvalue weighted by atomic mass is 9.97. The van der Waals surface area contributed by atoms with Crippen LogP contribution in [0.2, 0.25) is 0 Å². The van der Waals surface area contributed by atoms with Crippen molar-refractivity contribution in [2.24, 2.45) is 0 Å². The van der Waals surface area contributed by atoms with Gasteiger partial charge in [-0.15, -0.1) is 0 Å². The first-order valence-corrected chi connectivity index (χ1v) is 14.0. The summed E-state index contributed by atoms with van der Waals surface area (Å²) >= 11 is 0. The molecule has 2 heteroatoms. The van der Waals surface area contributed by atoms with Gasteiger partial charge in [-0.1, -0.05) is 109 Å². The maximum atomic E-state index is 7.66.